The van der Waals surface area contributed by atoms with Gasteiger partial charge in [-0.3, -0.25) is 9.69 Å². The summed E-state index contributed by atoms with van der Waals surface area (Å²) in [5.41, 5.74) is 7.46. The average Bonchev–Trinajstić information content (AvgIpc) is 2.44. The van der Waals surface area contributed by atoms with Crippen LogP contribution < -0.4 is 11.1 Å². The van der Waals surface area contributed by atoms with E-state index in [0.29, 0.717) is 19.0 Å². The number of benzene rings is 1. The molecule has 0 atom stereocenters. The summed E-state index contributed by atoms with van der Waals surface area (Å²) in [5, 5.41) is 2.92. The molecular formula is C17H25N3O. The summed E-state index contributed by atoms with van der Waals surface area (Å²) in [6.45, 7) is 6.40. The van der Waals surface area contributed by atoms with Crippen LogP contribution in [0.25, 0.3) is 0 Å². The third kappa shape index (κ3) is 7.50. The Bertz CT molecular complexity index is 497. The number of amides is 1. The normalized spacial score (nSPS) is 10.4. The summed E-state index contributed by atoms with van der Waals surface area (Å²) < 4.78 is 0. The minimum Gasteiger partial charge on any atom is -0.355 e. The Kier molecular flexibility index (Phi) is 7.52. The second-order valence-electron chi connectivity index (χ2n) is 5.57. The van der Waals surface area contributed by atoms with Gasteiger partial charge in [-0.2, -0.15) is 0 Å². The van der Waals surface area contributed by atoms with Gasteiger partial charge in [0.05, 0.1) is 13.1 Å². The highest BCUT2D eigenvalue weighted by atomic mass is 16.2. The van der Waals surface area contributed by atoms with Crippen LogP contribution in [0.5, 0.6) is 0 Å². The van der Waals surface area contributed by atoms with Gasteiger partial charge in [0.15, 0.2) is 0 Å². The Labute approximate surface area is 127 Å². The summed E-state index contributed by atoms with van der Waals surface area (Å²) in [7, 11) is 1.94. The van der Waals surface area contributed by atoms with Gasteiger partial charge in [0, 0.05) is 18.7 Å². The Morgan fingerprint density at radius 3 is 2.57 bits per heavy atom. The molecule has 0 saturated heterocycles. The predicted octanol–water partition coefficient (Wildman–Crippen LogP) is 1.20. The van der Waals surface area contributed by atoms with Crippen LogP contribution in [0.3, 0.4) is 0 Å². The maximum Gasteiger partial charge on any atom is 0.234 e. The molecule has 114 valence electrons. The molecular weight excluding hydrogens is 262 g/mol. The highest BCUT2D eigenvalue weighted by Crippen LogP contribution is 2.06. The van der Waals surface area contributed by atoms with E-state index in [1.54, 1.807) is 0 Å². The molecule has 3 N–H and O–H groups in total. The highest BCUT2D eigenvalue weighted by molar-refractivity contribution is 5.77. The van der Waals surface area contributed by atoms with Crippen molar-refractivity contribution in [3.8, 4) is 11.8 Å². The van der Waals surface area contributed by atoms with Crippen molar-refractivity contribution in [1.29, 1.82) is 0 Å². The Balaban J connectivity index is 2.43. The van der Waals surface area contributed by atoms with E-state index in [0.717, 1.165) is 24.2 Å². The summed E-state index contributed by atoms with van der Waals surface area (Å²) in [6, 6.07) is 8.02. The van der Waals surface area contributed by atoms with Crippen LogP contribution >= 0.6 is 0 Å². The molecule has 1 aromatic carbocycles. The summed E-state index contributed by atoms with van der Waals surface area (Å²) in [4.78, 5) is 13.7. The minimum absolute atomic E-state index is 0.0663. The van der Waals surface area contributed by atoms with E-state index in [4.69, 9.17) is 5.73 Å². The molecule has 0 spiro atoms. The Morgan fingerprint density at radius 1 is 1.33 bits per heavy atom. The molecule has 0 radical (unpaired) electrons. The van der Waals surface area contributed by atoms with Crippen LogP contribution in [0.1, 0.15) is 25.0 Å². The number of nitrogens with zero attached hydrogens (tertiary/aromatic N) is 1. The zero-order valence-electron chi connectivity index (χ0n) is 13.1. The maximum atomic E-state index is 11.7. The smallest absolute Gasteiger partial charge is 0.234 e. The maximum absolute atomic E-state index is 11.7. The lowest BCUT2D eigenvalue weighted by Crippen LogP contribution is -2.36. The number of nitrogens with two attached hydrogens (primary N) is 1. The third-order valence-electron chi connectivity index (χ3n) is 2.86. The summed E-state index contributed by atoms with van der Waals surface area (Å²) >= 11 is 0. The second kappa shape index (κ2) is 9.17. The third-order valence-corrected chi connectivity index (χ3v) is 2.86. The first-order valence-electron chi connectivity index (χ1n) is 7.24. The van der Waals surface area contributed by atoms with Crippen molar-refractivity contribution < 1.29 is 4.79 Å². The van der Waals surface area contributed by atoms with Gasteiger partial charge in [-0.05, 0) is 30.7 Å². The van der Waals surface area contributed by atoms with Crippen LogP contribution in [0, 0.1) is 17.8 Å². The van der Waals surface area contributed by atoms with Crippen molar-refractivity contribution >= 4 is 5.91 Å². The van der Waals surface area contributed by atoms with E-state index >= 15 is 0 Å². The SMILES string of the molecule is CC(C)CNC(=O)CN(C)Cc1ccc(C#CCN)cc1. The first-order valence-corrected chi connectivity index (χ1v) is 7.24. The lowest BCUT2D eigenvalue weighted by atomic mass is 10.1. The largest absolute Gasteiger partial charge is 0.355 e. The molecule has 0 saturated carbocycles. The first kappa shape index (κ1) is 17.2. The molecule has 0 fully saturated rings. The fourth-order valence-corrected chi connectivity index (χ4v) is 1.83. The minimum atomic E-state index is 0.0663. The van der Waals surface area contributed by atoms with E-state index in [2.05, 4.69) is 31.0 Å². The van der Waals surface area contributed by atoms with Gasteiger partial charge in [0.1, 0.15) is 0 Å². The van der Waals surface area contributed by atoms with E-state index in [-0.39, 0.29) is 5.91 Å². The van der Waals surface area contributed by atoms with E-state index in [1.807, 2.05) is 36.2 Å². The van der Waals surface area contributed by atoms with Gasteiger partial charge in [0.25, 0.3) is 0 Å². The first-order chi connectivity index (χ1) is 10.0. The van der Waals surface area contributed by atoms with Crippen LogP contribution in [0.15, 0.2) is 24.3 Å². The summed E-state index contributed by atoms with van der Waals surface area (Å²) in [5.74, 6) is 6.36. The van der Waals surface area contributed by atoms with E-state index < -0.39 is 0 Å². The molecule has 0 aromatic heterocycles. The van der Waals surface area contributed by atoms with Crippen molar-refractivity contribution in [3.63, 3.8) is 0 Å². The Morgan fingerprint density at radius 2 is 2.00 bits per heavy atom. The van der Waals surface area contributed by atoms with Gasteiger partial charge in [-0.25, -0.2) is 0 Å². The van der Waals surface area contributed by atoms with Gasteiger partial charge < -0.3 is 11.1 Å². The van der Waals surface area contributed by atoms with E-state index in [9.17, 15) is 4.79 Å². The van der Waals surface area contributed by atoms with Crippen LogP contribution in [0.4, 0.5) is 0 Å². The van der Waals surface area contributed by atoms with Crippen LogP contribution in [-0.2, 0) is 11.3 Å². The predicted molar refractivity (Wildman–Crippen MR) is 86.6 cm³/mol. The van der Waals surface area contributed by atoms with Crippen molar-refractivity contribution in [3.05, 3.63) is 35.4 Å². The Hall–Kier alpha value is -1.83. The molecule has 1 aromatic rings. The molecule has 4 nitrogen and oxygen atoms in total. The molecule has 1 amide bonds. The van der Waals surface area contributed by atoms with Crippen molar-refractivity contribution in [2.24, 2.45) is 11.7 Å². The number of carbonyl (C=O) groups is 1. The zero-order valence-corrected chi connectivity index (χ0v) is 13.1. The average molecular weight is 287 g/mol. The van der Waals surface area contributed by atoms with Crippen molar-refractivity contribution in [2.45, 2.75) is 20.4 Å². The molecule has 0 aliphatic heterocycles. The number of hydrogen-bond donors (Lipinski definition) is 2. The number of rotatable bonds is 6. The molecule has 0 aliphatic rings. The fourth-order valence-electron chi connectivity index (χ4n) is 1.83. The second-order valence-corrected chi connectivity index (χ2v) is 5.57. The molecule has 1 rings (SSSR count). The lowest BCUT2D eigenvalue weighted by Gasteiger charge is -2.17. The summed E-state index contributed by atoms with van der Waals surface area (Å²) in [6.07, 6.45) is 0. The topological polar surface area (TPSA) is 58.4 Å². The molecule has 4 heteroatoms. The fraction of sp³-hybridized carbons (Fsp3) is 0.471. The van der Waals surface area contributed by atoms with Gasteiger partial charge in [-0.15, -0.1) is 0 Å². The van der Waals surface area contributed by atoms with Gasteiger partial charge in [-0.1, -0.05) is 37.8 Å². The van der Waals surface area contributed by atoms with Gasteiger partial charge in [0.2, 0.25) is 5.91 Å². The van der Waals surface area contributed by atoms with Crippen LogP contribution in [-0.4, -0.2) is 37.5 Å². The van der Waals surface area contributed by atoms with Crippen molar-refractivity contribution in [2.75, 3.05) is 26.7 Å². The molecule has 0 heterocycles. The standard InChI is InChI=1S/C17H25N3O/c1-14(2)11-19-17(21)13-20(3)12-16-8-6-15(7-9-16)5-4-10-18/h6-9,14H,10-13,18H2,1-3H3,(H,19,21). The van der Waals surface area contributed by atoms with Gasteiger partial charge >= 0.3 is 0 Å². The highest BCUT2D eigenvalue weighted by Gasteiger charge is 2.07. The molecule has 0 unspecified atom stereocenters. The monoisotopic (exact) mass is 287 g/mol. The number of hydrogen-bond acceptors (Lipinski definition) is 3. The molecule has 0 bridgehead atoms. The van der Waals surface area contributed by atoms with Crippen molar-refractivity contribution in [1.82, 2.24) is 10.2 Å². The lowest BCUT2D eigenvalue weighted by molar-refractivity contribution is -0.122. The molecule has 21 heavy (non-hydrogen) atoms. The number of nitrogens with one attached hydrogen (secondary N) is 1. The quantitative estimate of drug-likeness (QED) is 0.773. The van der Waals surface area contributed by atoms with Crippen LogP contribution in [0.2, 0.25) is 0 Å². The molecule has 0 aliphatic carbocycles. The number of likely N-dealkylation sites (N-methyl/N-ethyl adjacent to an activating group) is 1. The van der Waals surface area contributed by atoms with E-state index in [1.165, 1.54) is 0 Å². The zero-order chi connectivity index (χ0) is 15.7. The number of carbonyl (C=O) groups excluding carboxylic acids is 1.